The second-order valence-corrected chi connectivity index (χ2v) is 6.14. The first kappa shape index (κ1) is 14.2. The van der Waals surface area contributed by atoms with E-state index in [4.69, 9.17) is 5.11 Å². The van der Waals surface area contributed by atoms with Crippen molar-refractivity contribution in [3.05, 3.63) is 0 Å². The molecule has 108 valence electrons. The Balaban J connectivity index is 1.92. The maximum atomic E-state index is 12.3. The van der Waals surface area contributed by atoms with Crippen LogP contribution in [-0.4, -0.2) is 40.6 Å². The van der Waals surface area contributed by atoms with Gasteiger partial charge < -0.3 is 15.3 Å². The van der Waals surface area contributed by atoms with Crippen LogP contribution >= 0.6 is 0 Å². The number of likely N-dealkylation sites (tertiary alicyclic amines) is 1. The van der Waals surface area contributed by atoms with Gasteiger partial charge in [-0.1, -0.05) is 13.8 Å². The standard InChI is InChI=1S/C14H24N2O3/c1-8-4-5-12(9(8)2)15-14(19)16-7-6-11(10(16)3)13(17)18/h8-12H,4-7H2,1-3H3,(H,15,19)(H,17,18). The molecule has 1 aliphatic carbocycles. The van der Waals surface area contributed by atoms with E-state index >= 15 is 0 Å². The van der Waals surface area contributed by atoms with Crippen LogP contribution in [-0.2, 0) is 4.79 Å². The Bertz CT molecular complexity index is 372. The van der Waals surface area contributed by atoms with Crippen molar-refractivity contribution in [1.82, 2.24) is 10.2 Å². The van der Waals surface area contributed by atoms with E-state index in [1.165, 1.54) is 0 Å². The minimum absolute atomic E-state index is 0.0952. The molecule has 0 aromatic heterocycles. The second kappa shape index (κ2) is 5.39. The first-order chi connectivity index (χ1) is 8.91. The Labute approximate surface area is 114 Å². The predicted molar refractivity (Wildman–Crippen MR) is 71.8 cm³/mol. The molecular weight excluding hydrogens is 244 g/mol. The monoisotopic (exact) mass is 268 g/mol. The summed E-state index contributed by atoms with van der Waals surface area (Å²) in [6.07, 6.45) is 2.73. The molecule has 0 bridgehead atoms. The first-order valence-electron chi connectivity index (χ1n) is 7.21. The van der Waals surface area contributed by atoms with Crippen molar-refractivity contribution in [3.8, 4) is 0 Å². The van der Waals surface area contributed by atoms with Crippen molar-refractivity contribution in [1.29, 1.82) is 0 Å². The Morgan fingerprint density at radius 2 is 1.84 bits per heavy atom. The van der Waals surface area contributed by atoms with Gasteiger partial charge in [0.1, 0.15) is 0 Å². The molecule has 2 aliphatic rings. The summed E-state index contributed by atoms with van der Waals surface area (Å²) in [5, 5.41) is 12.2. The maximum absolute atomic E-state index is 12.3. The fourth-order valence-corrected chi connectivity index (χ4v) is 3.37. The van der Waals surface area contributed by atoms with Crippen LogP contribution in [0.5, 0.6) is 0 Å². The fourth-order valence-electron chi connectivity index (χ4n) is 3.37. The molecule has 1 aliphatic heterocycles. The van der Waals surface area contributed by atoms with E-state index in [1.54, 1.807) is 4.90 Å². The largest absolute Gasteiger partial charge is 0.481 e. The van der Waals surface area contributed by atoms with Crippen molar-refractivity contribution in [2.24, 2.45) is 17.8 Å². The molecule has 0 spiro atoms. The molecule has 1 heterocycles. The third-order valence-corrected chi connectivity index (χ3v) is 5.11. The first-order valence-corrected chi connectivity index (χ1v) is 7.21. The second-order valence-electron chi connectivity index (χ2n) is 6.14. The minimum atomic E-state index is -0.800. The zero-order valence-corrected chi connectivity index (χ0v) is 11.9. The summed E-state index contributed by atoms with van der Waals surface area (Å²) in [6, 6.07) is -0.0765. The molecule has 5 heteroatoms. The number of aliphatic carboxylic acids is 1. The molecule has 5 unspecified atom stereocenters. The van der Waals surface area contributed by atoms with Gasteiger partial charge >= 0.3 is 12.0 Å². The highest BCUT2D eigenvalue weighted by Crippen LogP contribution is 2.32. The normalized spacial score (nSPS) is 38.5. The number of carbonyl (C=O) groups is 2. The van der Waals surface area contributed by atoms with Crippen molar-refractivity contribution < 1.29 is 14.7 Å². The summed E-state index contributed by atoms with van der Waals surface area (Å²) in [5.74, 6) is -0.0819. The third kappa shape index (κ3) is 2.69. The summed E-state index contributed by atoms with van der Waals surface area (Å²) in [5.41, 5.74) is 0. The van der Waals surface area contributed by atoms with Crippen molar-refractivity contribution in [2.45, 2.75) is 52.1 Å². The molecule has 19 heavy (non-hydrogen) atoms. The fraction of sp³-hybridized carbons (Fsp3) is 0.857. The lowest BCUT2D eigenvalue weighted by molar-refractivity contribution is -0.142. The van der Waals surface area contributed by atoms with Crippen LogP contribution in [0.1, 0.15) is 40.0 Å². The summed E-state index contributed by atoms with van der Waals surface area (Å²) in [7, 11) is 0. The summed E-state index contributed by atoms with van der Waals surface area (Å²) in [4.78, 5) is 25.0. The van der Waals surface area contributed by atoms with Gasteiger partial charge in [-0.25, -0.2) is 4.79 Å². The van der Waals surface area contributed by atoms with E-state index < -0.39 is 11.9 Å². The van der Waals surface area contributed by atoms with Crippen LogP contribution < -0.4 is 5.32 Å². The molecule has 2 fully saturated rings. The van der Waals surface area contributed by atoms with Gasteiger partial charge in [0.2, 0.25) is 0 Å². The Morgan fingerprint density at radius 1 is 1.16 bits per heavy atom. The van der Waals surface area contributed by atoms with Gasteiger partial charge in [-0.2, -0.15) is 0 Å². The highest BCUT2D eigenvalue weighted by atomic mass is 16.4. The van der Waals surface area contributed by atoms with Crippen LogP contribution in [0.2, 0.25) is 0 Å². The van der Waals surface area contributed by atoms with Crippen LogP contribution in [0.25, 0.3) is 0 Å². The molecule has 2 amide bonds. The van der Waals surface area contributed by atoms with Gasteiger partial charge in [0.25, 0.3) is 0 Å². The smallest absolute Gasteiger partial charge is 0.317 e. The molecule has 1 saturated carbocycles. The number of carboxylic acids is 1. The van der Waals surface area contributed by atoms with E-state index in [-0.39, 0.29) is 18.1 Å². The molecule has 0 radical (unpaired) electrons. The molecule has 5 atom stereocenters. The topological polar surface area (TPSA) is 69.6 Å². The summed E-state index contributed by atoms with van der Waals surface area (Å²) >= 11 is 0. The number of rotatable bonds is 2. The van der Waals surface area contributed by atoms with Crippen LogP contribution in [0.3, 0.4) is 0 Å². The Kier molecular flexibility index (Phi) is 4.02. The molecule has 1 saturated heterocycles. The maximum Gasteiger partial charge on any atom is 0.317 e. The van der Waals surface area contributed by atoms with Crippen molar-refractivity contribution in [3.63, 3.8) is 0 Å². The quantitative estimate of drug-likeness (QED) is 0.804. The minimum Gasteiger partial charge on any atom is -0.481 e. The molecule has 0 aromatic rings. The Hall–Kier alpha value is -1.26. The number of carbonyl (C=O) groups excluding carboxylic acids is 1. The van der Waals surface area contributed by atoms with Gasteiger partial charge in [-0.05, 0) is 38.0 Å². The van der Waals surface area contributed by atoms with Crippen LogP contribution in [0.15, 0.2) is 0 Å². The van der Waals surface area contributed by atoms with Crippen molar-refractivity contribution in [2.75, 3.05) is 6.54 Å². The molecule has 2 N–H and O–H groups in total. The highest BCUT2D eigenvalue weighted by molar-refractivity contribution is 5.78. The summed E-state index contributed by atoms with van der Waals surface area (Å²) < 4.78 is 0. The Morgan fingerprint density at radius 3 is 2.32 bits per heavy atom. The number of urea groups is 1. The number of amides is 2. The predicted octanol–water partition coefficient (Wildman–Crippen LogP) is 1.93. The van der Waals surface area contributed by atoms with E-state index in [2.05, 4.69) is 19.2 Å². The van der Waals surface area contributed by atoms with Gasteiger partial charge in [-0.3, -0.25) is 4.79 Å². The third-order valence-electron chi connectivity index (χ3n) is 5.11. The van der Waals surface area contributed by atoms with Gasteiger partial charge in [0.05, 0.1) is 5.92 Å². The lowest BCUT2D eigenvalue weighted by atomic mass is 9.98. The molecular formula is C14H24N2O3. The van der Waals surface area contributed by atoms with Crippen LogP contribution in [0, 0.1) is 17.8 Å². The van der Waals surface area contributed by atoms with E-state index in [9.17, 15) is 9.59 Å². The SMILES string of the molecule is CC1CCC(NC(=O)N2CCC(C(=O)O)C2C)C1C. The zero-order chi connectivity index (χ0) is 14.2. The highest BCUT2D eigenvalue weighted by Gasteiger charge is 2.39. The van der Waals surface area contributed by atoms with E-state index in [0.717, 1.165) is 12.8 Å². The summed E-state index contributed by atoms with van der Waals surface area (Å²) in [6.45, 7) is 6.76. The zero-order valence-electron chi connectivity index (χ0n) is 11.9. The average molecular weight is 268 g/mol. The molecule has 2 rings (SSSR count). The number of nitrogens with zero attached hydrogens (tertiary/aromatic N) is 1. The van der Waals surface area contributed by atoms with Crippen LogP contribution in [0.4, 0.5) is 4.79 Å². The lowest BCUT2D eigenvalue weighted by Gasteiger charge is -2.27. The van der Waals surface area contributed by atoms with Gasteiger partial charge in [0.15, 0.2) is 0 Å². The lowest BCUT2D eigenvalue weighted by Crippen LogP contribution is -2.48. The number of carboxylic acid groups (broad SMARTS) is 1. The van der Waals surface area contributed by atoms with Crippen molar-refractivity contribution >= 4 is 12.0 Å². The molecule has 0 aromatic carbocycles. The number of nitrogens with one attached hydrogen (secondary N) is 1. The molecule has 5 nitrogen and oxygen atoms in total. The van der Waals surface area contributed by atoms with Gasteiger partial charge in [-0.15, -0.1) is 0 Å². The average Bonchev–Trinajstić information content (AvgIpc) is 2.87. The van der Waals surface area contributed by atoms with Gasteiger partial charge in [0, 0.05) is 18.6 Å². The van der Waals surface area contributed by atoms with E-state index in [0.29, 0.717) is 24.8 Å². The number of hydrogen-bond donors (Lipinski definition) is 2. The van der Waals surface area contributed by atoms with E-state index in [1.807, 2.05) is 6.92 Å². The number of hydrogen-bond acceptors (Lipinski definition) is 2.